The number of esters is 1. The summed E-state index contributed by atoms with van der Waals surface area (Å²) in [6.45, 7) is 8.97. The molecule has 0 saturated heterocycles. The van der Waals surface area contributed by atoms with Gasteiger partial charge < -0.3 is 4.74 Å². The number of rotatable bonds is 6. The molecule has 0 radical (unpaired) electrons. The van der Waals surface area contributed by atoms with E-state index in [4.69, 9.17) is 4.74 Å². The van der Waals surface area contributed by atoms with Crippen LogP contribution in [0.4, 0.5) is 5.69 Å². The first-order valence-electron chi connectivity index (χ1n) is 8.98. The van der Waals surface area contributed by atoms with Crippen LogP contribution in [0.1, 0.15) is 34.6 Å². The summed E-state index contributed by atoms with van der Waals surface area (Å²) in [5, 5.41) is 0. The lowest BCUT2D eigenvalue weighted by Crippen LogP contribution is -2.48. The van der Waals surface area contributed by atoms with Crippen LogP contribution in [0.25, 0.3) is 11.1 Å². The van der Waals surface area contributed by atoms with Crippen LogP contribution in [0.5, 0.6) is 0 Å². The molecule has 2 aromatic rings. The Balaban J connectivity index is 2.37. The lowest BCUT2D eigenvalue weighted by atomic mass is 10.0. The van der Waals surface area contributed by atoms with Gasteiger partial charge in [0.1, 0.15) is 11.6 Å². The molecule has 0 aliphatic heterocycles. The van der Waals surface area contributed by atoms with E-state index in [-0.39, 0.29) is 5.92 Å². The molecule has 7 heteroatoms. The van der Waals surface area contributed by atoms with Crippen molar-refractivity contribution in [2.75, 3.05) is 4.31 Å². The first-order valence-corrected chi connectivity index (χ1v) is 10.8. The van der Waals surface area contributed by atoms with Crippen molar-refractivity contribution in [3.63, 3.8) is 0 Å². The van der Waals surface area contributed by atoms with Gasteiger partial charge in [-0.1, -0.05) is 54.0 Å². The maximum atomic E-state index is 12.7. The van der Waals surface area contributed by atoms with Crippen molar-refractivity contribution in [2.24, 2.45) is 5.92 Å². The maximum Gasteiger partial charge on any atom is 0.330 e. The average Bonchev–Trinajstić information content (AvgIpc) is 2.58. The fourth-order valence-electron chi connectivity index (χ4n) is 2.79. The molecule has 0 fully saturated rings. The van der Waals surface area contributed by atoms with Crippen molar-refractivity contribution in [3.05, 3.63) is 53.0 Å². The average molecular weight is 468 g/mol. The normalized spacial score (nSPS) is 13.9. The molecule has 0 aliphatic rings. The largest absolute Gasteiger partial charge is 0.458 e. The van der Waals surface area contributed by atoms with Gasteiger partial charge in [0.05, 0.1) is 5.69 Å². The van der Waals surface area contributed by atoms with Crippen LogP contribution < -0.4 is 4.31 Å². The smallest absolute Gasteiger partial charge is 0.330 e. The van der Waals surface area contributed by atoms with Crippen LogP contribution in [0.15, 0.2) is 53.0 Å². The number of anilines is 1. The van der Waals surface area contributed by atoms with Crippen molar-refractivity contribution in [1.82, 2.24) is 0 Å². The van der Waals surface area contributed by atoms with E-state index in [1.165, 1.54) is 4.31 Å². The fraction of sp³-hybridized carbons (Fsp3) is 0.381. The standard InChI is InChI=1S/C21H26BrNO4S/c1-14(2)19(20(24)27-21(3,4)5)23(28(25)26)18-12-8-16(9-13-18)15-6-10-17(22)11-7-15/h6-14,19H,1-5H3,(H,25,26). The molecule has 2 atom stereocenters. The van der Waals surface area contributed by atoms with Crippen LogP contribution in [0.3, 0.4) is 0 Å². The SMILES string of the molecule is CC(C)C(C(=O)OC(C)(C)C)N(c1ccc(-c2ccc(Br)cc2)cc1)S(=O)O. The summed E-state index contributed by atoms with van der Waals surface area (Å²) in [6, 6.07) is 14.2. The molecular formula is C21H26BrNO4S. The van der Waals surface area contributed by atoms with Crippen LogP contribution >= 0.6 is 15.9 Å². The number of ether oxygens (including phenoxy) is 1. The monoisotopic (exact) mass is 467 g/mol. The number of nitrogens with zero attached hydrogens (tertiary/aromatic N) is 1. The van der Waals surface area contributed by atoms with Gasteiger partial charge in [0, 0.05) is 4.47 Å². The van der Waals surface area contributed by atoms with E-state index in [0.717, 1.165) is 15.6 Å². The Morgan fingerprint density at radius 2 is 1.50 bits per heavy atom. The highest BCUT2D eigenvalue weighted by Gasteiger charge is 2.36. The summed E-state index contributed by atoms with van der Waals surface area (Å²) in [6.07, 6.45) is 0. The highest BCUT2D eigenvalue weighted by molar-refractivity contribution is 9.10. The molecule has 0 spiro atoms. The first kappa shape index (κ1) is 22.6. The summed E-state index contributed by atoms with van der Waals surface area (Å²) < 4.78 is 29.7. The van der Waals surface area contributed by atoms with Gasteiger partial charge in [0.2, 0.25) is 0 Å². The van der Waals surface area contributed by atoms with Gasteiger partial charge in [-0.15, -0.1) is 0 Å². The first-order chi connectivity index (χ1) is 13.0. The summed E-state index contributed by atoms with van der Waals surface area (Å²) in [7, 11) is 0. The summed E-state index contributed by atoms with van der Waals surface area (Å²) in [5.74, 6) is -0.751. The van der Waals surface area contributed by atoms with Gasteiger partial charge in [-0.25, -0.2) is 9.00 Å². The zero-order chi connectivity index (χ0) is 21.1. The van der Waals surface area contributed by atoms with Crippen LogP contribution in [-0.2, 0) is 20.8 Å². The third kappa shape index (κ3) is 5.90. The van der Waals surface area contributed by atoms with E-state index < -0.39 is 28.9 Å². The second kappa shape index (κ2) is 9.20. The Morgan fingerprint density at radius 1 is 1.04 bits per heavy atom. The van der Waals surface area contributed by atoms with Crippen molar-refractivity contribution in [3.8, 4) is 11.1 Å². The van der Waals surface area contributed by atoms with E-state index in [1.54, 1.807) is 32.9 Å². The highest BCUT2D eigenvalue weighted by Crippen LogP contribution is 2.28. The molecular weight excluding hydrogens is 442 g/mol. The van der Waals surface area contributed by atoms with Gasteiger partial charge in [-0.05, 0) is 62.1 Å². The van der Waals surface area contributed by atoms with Gasteiger partial charge in [0.15, 0.2) is 0 Å². The maximum absolute atomic E-state index is 12.7. The minimum absolute atomic E-state index is 0.225. The molecule has 2 unspecified atom stereocenters. The van der Waals surface area contributed by atoms with Crippen molar-refractivity contribution in [2.45, 2.75) is 46.3 Å². The Labute approximate surface area is 177 Å². The van der Waals surface area contributed by atoms with Gasteiger partial charge in [-0.3, -0.25) is 8.86 Å². The van der Waals surface area contributed by atoms with Gasteiger partial charge >= 0.3 is 5.97 Å². The minimum atomic E-state index is -2.38. The molecule has 0 bridgehead atoms. The van der Waals surface area contributed by atoms with Gasteiger partial charge in [-0.2, -0.15) is 0 Å². The Bertz CT molecular complexity index is 829. The molecule has 152 valence electrons. The zero-order valence-electron chi connectivity index (χ0n) is 16.7. The summed E-state index contributed by atoms with van der Waals surface area (Å²) in [5.41, 5.74) is 1.79. The van der Waals surface area contributed by atoms with Crippen LogP contribution in [0.2, 0.25) is 0 Å². The molecule has 2 aromatic carbocycles. The molecule has 0 amide bonds. The number of hydrogen-bond donors (Lipinski definition) is 1. The van der Waals surface area contributed by atoms with E-state index in [9.17, 15) is 13.6 Å². The molecule has 28 heavy (non-hydrogen) atoms. The molecule has 0 heterocycles. The number of benzene rings is 2. The predicted octanol–water partition coefficient (Wildman–Crippen LogP) is 5.43. The van der Waals surface area contributed by atoms with Crippen molar-refractivity contribution < 1.29 is 18.3 Å². The zero-order valence-corrected chi connectivity index (χ0v) is 19.1. The van der Waals surface area contributed by atoms with Crippen molar-refractivity contribution in [1.29, 1.82) is 0 Å². The molecule has 5 nitrogen and oxygen atoms in total. The number of halogens is 1. The third-order valence-corrected chi connectivity index (χ3v) is 5.30. The molecule has 0 aliphatic carbocycles. The molecule has 1 N–H and O–H groups in total. The topological polar surface area (TPSA) is 66.8 Å². The quantitative estimate of drug-likeness (QED) is 0.454. The Hall–Kier alpha value is -1.70. The Morgan fingerprint density at radius 3 is 1.89 bits per heavy atom. The molecule has 2 rings (SSSR count). The third-order valence-electron chi connectivity index (χ3n) is 4.00. The summed E-state index contributed by atoms with van der Waals surface area (Å²) >= 11 is 1.03. The van der Waals surface area contributed by atoms with Crippen LogP contribution in [-0.4, -0.2) is 26.4 Å². The number of carbonyl (C=O) groups is 1. The van der Waals surface area contributed by atoms with Crippen molar-refractivity contribution >= 4 is 38.9 Å². The lowest BCUT2D eigenvalue weighted by Gasteiger charge is -2.33. The fourth-order valence-corrected chi connectivity index (χ4v) is 3.88. The lowest BCUT2D eigenvalue weighted by molar-refractivity contribution is -0.157. The second-order valence-corrected chi connectivity index (χ2v) is 9.60. The van der Waals surface area contributed by atoms with E-state index in [2.05, 4.69) is 15.9 Å². The molecule has 0 saturated carbocycles. The highest BCUT2D eigenvalue weighted by atomic mass is 79.9. The second-order valence-electron chi connectivity index (χ2n) is 7.83. The number of hydrogen-bond acceptors (Lipinski definition) is 3. The van der Waals surface area contributed by atoms with Gasteiger partial charge in [0.25, 0.3) is 11.3 Å². The van der Waals surface area contributed by atoms with E-state index >= 15 is 0 Å². The number of carbonyl (C=O) groups excluding carboxylic acids is 1. The van der Waals surface area contributed by atoms with Crippen LogP contribution in [0, 0.1) is 5.92 Å². The van der Waals surface area contributed by atoms with E-state index in [1.807, 2.05) is 50.2 Å². The van der Waals surface area contributed by atoms with E-state index in [0.29, 0.717) is 5.69 Å². The Kier molecular flexibility index (Phi) is 7.42. The minimum Gasteiger partial charge on any atom is -0.458 e. The predicted molar refractivity (Wildman–Crippen MR) is 117 cm³/mol. The summed E-state index contributed by atoms with van der Waals surface area (Å²) in [4.78, 5) is 12.7. The molecule has 0 aromatic heterocycles.